The molecule has 0 aliphatic rings. The Morgan fingerprint density at radius 2 is 1.95 bits per heavy atom. The molecular weight excluding hydrogens is 363 g/mol. The van der Waals surface area contributed by atoms with E-state index in [1.54, 1.807) is 12.4 Å². The lowest BCUT2D eigenvalue weighted by atomic mass is 10.2. The first-order chi connectivity index (χ1) is 9.65. The van der Waals surface area contributed by atoms with Crippen molar-refractivity contribution in [3.8, 4) is 0 Å². The monoisotopic (exact) mass is 368 g/mol. The van der Waals surface area contributed by atoms with E-state index in [1.807, 2.05) is 24.3 Å². The normalized spacial score (nSPS) is 10.8. The second-order valence-electron chi connectivity index (χ2n) is 3.96. The van der Waals surface area contributed by atoms with Gasteiger partial charge in [0.15, 0.2) is 0 Å². The third-order valence-electron chi connectivity index (χ3n) is 2.68. The number of pyridine rings is 1. The summed E-state index contributed by atoms with van der Waals surface area (Å²) in [7, 11) is 0. The largest absolute Gasteiger partial charge is 0.337 e. The maximum atomic E-state index is 6.16. The van der Waals surface area contributed by atoms with Crippen LogP contribution in [0.3, 0.4) is 0 Å². The van der Waals surface area contributed by atoms with Gasteiger partial charge in [-0.2, -0.15) is 4.98 Å². The number of hydrogen-bond donors (Lipinski definition) is 1. The van der Waals surface area contributed by atoms with E-state index < -0.39 is 0 Å². The zero-order valence-electron chi connectivity index (χ0n) is 9.94. The van der Waals surface area contributed by atoms with E-state index >= 15 is 0 Å². The molecule has 0 amide bonds. The third kappa shape index (κ3) is 2.57. The van der Waals surface area contributed by atoms with E-state index in [1.165, 1.54) is 0 Å². The minimum Gasteiger partial charge on any atom is -0.337 e. The zero-order valence-corrected chi connectivity index (χ0v) is 13.0. The molecule has 0 aliphatic carbocycles. The van der Waals surface area contributed by atoms with Gasteiger partial charge in [0.25, 0.3) is 0 Å². The van der Waals surface area contributed by atoms with Crippen LogP contribution in [0.25, 0.3) is 10.9 Å². The lowest BCUT2D eigenvalue weighted by molar-refractivity contribution is 1.15. The first kappa shape index (κ1) is 13.5. The Kier molecular flexibility index (Phi) is 3.74. The van der Waals surface area contributed by atoms with E-state index in [0.717, 1.165) is 16.6 Å². The molecule has 1 N–H and O–H groups in total. The molecule has 7 heteroatoms. The quantitative estimate of drug-likeness (QED) is 0.656. The molecule has 1 aromatic carbocycles. The average molecular weight is 370 g/mol. The van der Waals surface area contributed by atoms with Crippen LogP contribution in [-0.2, 0) is 0 Å². The van der Waals surface area contributed by atoms with Crippen LogP contribution in [-0.4, -0.2) is 15.0 Å². The minimum atomic E-state index is 0.168. The Bertz CT molecular complexity index is 794. The molecule has 2 aromatic heterocycles. The summed E-state index contributed by atoms with van der Waals surface area (Å²) < 4.78 is 0.709. The first-order valence-corrected chi connectivity index (χ1v) is 7.18. The van der Waals surface area contributed by atoms with Gasteiger partial charge in [-0.1, -0.05) is 11.6 Å². The summed E-state index contributed by atoms with van der Waals surface area (Å²) in [6, 6.07) is 7.41. The topological polar surface area (TPSA) is 50.7 Å². The van der Waals surface area contributed by atoms with E-state index in [0.29, 0.717) is 15.3 Å². The Labute approximate surface area is 133 Å². The van der Waals surface area contributed by atoms with Crippen LogP contribution in [0.1, 0.15) is 0 Å². The highest BCUT2D eigenvalue weighted by atomic mass is 79.9. The van der Waals surface area contributed by atoms with Crippen LogP contribution in [0.15, 0.2) is 41.1 Å². The van der Waals surface area contributed by atoms with Crippen molar-refractivity contribution in [3.05, 3.63) is 51.4 Å². The maximum absolute atomic E-state index is 6.16. The number of halogens is 3. The molecule has 0 spiro atoms. The van der Waals surface area contributed by atoms with Crippen molar-refractivity contribution in [1.82, 2.24) is 15.0 Å². The number of fused-ring (bicyclic) bond motifs is 1. The summed E-state index contributed by atoms with van der Waals surface area (Å²) in [5.41, 5.74) is 1.56. The van der Waals surface area contributed by atoms with Crippen LogP contribution in [0.4, 0.5) is 11.5 Å². The highest BCUT2D eigenvalue weighted by Crippen LogP contribution is 2.31. The zero-order chi connectivity index (χ0) is 14.1. The highest BCUT2D eigenvalue weighted by Gasteiger charge is 2.09. The van der Waals surface area contributed by atoms with Crippen molar-refractivity contribution in [2.75, 3.05) is 5.32 Å². The van der Waals surface area contributed by atoms with E-state index in [9.17, 15) is 0 Å². The van der Waals surface area contributed by atoms with E-state index in [2.05, 4.69) is 36.2 Å². The molecule has 0 saturated carbocycles. The molecule has 0 unspecified atom stereocenters. The second-order valence-corrected chi connectivity index (χ2v) is 5.55. The first-order valence-electron chi connectivity index (χ1n) is 5.63. The number of benzene rings is 1. The Hall–Kier alpha value is -1.43. The molecule has 4 nitrogen and oxygen atoms in total. The number of nitrogens with one attached hydrogen (secondary N) is 1. The second kappa shape index (κ2) is 5.52. The van der Waals surface area contributed by atoms with E-state index in [-0.39, 0.29) is 5.28 Å². The van der Waals surface area contributed by atoms with Crippen LogP contribution in [0, 0.1) is 0 Å². The fraction of sp³-hybridized carbons (Fsp3) is 0. The number of aromatic nitrogens is 3. The van der Waals surface area contributed by atoms with Gasteiger partial charge in [0.05, 0.1) is 20.7 Å². The highest BCUT2D eigenvalue weighted by molar-refractivity contribution is 9.10. The molecule has 100 valence electrons. The SMILES string of the molecule is Clc1ncc(Br)c(Nc2ccc(Cl)c3cccnc23)n1. The number of hydrogen-bond acceptors (Lipinski definition) is 4. The Balaban J connectivity index is 2.11. The van der Waals surface area contributed by atoms with Gasteiger partial charge in [-0.05, 0) is 51.8 Å². The average Bonchev–Trinajstić information content (AvgIpc) is 2.46. The maximum Gasteiger partial charge on any atom is 0.224 e. The van der Waals surface area contributed by atoms with Gasteiger partial charge >= 0.3 is 0 Å². The summed E-state index contributed by atoms with van der Waals surface area (Å²) in [5.74, 6) is 0.569. The smallest absolute Gasteiger partial charge is 0.224 e. The van der Waals surface area contributed by atoms with Gasteiger partial charge in [-0.15, -0.1) is 0 Å². The van der Waals surface area contributed by atoms with Crippen molar-refractivity contribution in [2.24, 2.45) is 0 Å². The Morgan fingerprint density at radius 1 is 1.10 bits per heavy atom. The summed E-state index contributed by atoms with van der Waals surface area (Å²) in [6.07, 6.45) is 3.30. The fourth-order valence-electron chi connectivity index (χ4n) is 1.80. The van der Waals surface area contributed by atoms with Crippen LogP contribution in [0.5, 0.6) is 0 Å². The molecular formula is C13H7BrCl2N4. The van der Waals surface area contributed by atoms with E-state index in [4.69, 9.17) is 23.2 Å². The molecule has 3 aromatic rings. The fourth-order valence-corrected chi connectivity index (χ4v) is 2.44. The molecule has 2 heterocycles. The summed E-state index contributed by atoms with van der Waals surface area (Å²) in [6.45, 7) is 0. The lowest BCUT2D eigenvalue weighted by Gasteiger charge is -2.10. The predicted molar refractivity (Wildman–Crippen MR) is 84.8 cm³/mol. The molecule has 0 saturated heterocycles. The molecule has 0 fully saturated rings. The van der Waals surface area contributed by atoms with Crippen molar-refractivity contribution in [2.45, 2.75) is 0 Å². The third-order valence-corrected chi connectivity index (χ3v) is 3.78. The Morgan fingerprint density at radius 3 is 2.80 bits per heavy atom. The van der Waals surface area contributed by atoms with Crippen molar-refractivity contribution >= 4 is 61.5 Å². The molecule has 0 atom stereocenters. The van der Waals surface area contributed by atoms with Gasteiger partial charge in [0, 0.05) is 17.8 Å². The van der Waals surface area contributed by atoms with Gasteiger partial charge in [-0.3, -0.25) is 4.98 Å². The van der Waals surface area contributed by atoms with Gasteiger partial charge < -0.3 is 5.32 Å². The number of nitrogens with zero attached hydrogens (tertiary/aromatic N) is 3. The van der Waals surface area contributed by atoms with Crippen LogP contribution in [0.2, 0.25) is 10.3 Å². The van der Waals surface area contributed by atoms with Gasteiger partial charge in [-0.25, -0.2) is 4.98 Å². The van der Waals surface area contributed by atoms with Crippen LogP contribution < -0.4 is 5.32 Å². The van der Waals surface area contributed by atoms with Gasteiger partial charge in [0.1, 0.15) is 5.82 Å². The molecule has 0 bridgehead atoms. The van der Waals surface area contributed by atoms with Crippen molar-refractivity contribution < 1.29 is 0 Å². The number of rotatable bonds is 2. The summed E-state index contributed by atoms with van der Waals surface area (Å²) >= 11 is 15.3. The van der Waals surface area contributed by atoms with Crippen molar-refractivity contribution in [1.29, 1.82) is 0 Å². The standard InChI is InChI=1S/C13H7BrCl2N4/c14-8-6-18-13(16)20-12(8)19-10-4-3-9(15)7-2-1-5-17-11(7)10/h1-6H,(H,18,19,20). The molecule has 0 radical (unpaired) electrons. The lowest BCUT2D eigenvalue weighted by Crippen LogP contribution is -1.98. The molecule has 3 rings (SSSR count). The molecule has 0 aliphatic heterocycles. The summed E-state index contributed by atoms with van der Waals surface area (Å²) in [4.78, 5) is 12.4. The molecule has 20 heavy (non-hydrogen) atoms. The number of anilines is 2. The predicted octanol–water partition coefficient (Wildman–Crippen LogP) is 4.84. The van der Waals surface area contributed by atoms with Crippen molar-refractivity contribution in [3.63, 3.8) is 0 Å². The minimum absolute atomic E-state index is 0.168. The van der Waals surface area contributed by atoms with Gasteiger partial charge in [0.2, 0.25) is 5.28 Å². The summed E-state index contributed by atoms with van der Waals surface area (Å²) in [5, 5.41) is 4.87. The van der Waals surface area contributed by atoms with Crippen LogP contribution >= 0.6 is 39.1 Å².